The molecule has 7 nitrogen and oxygen atoms in total. The third kappa shape index (κ3) is 3.94. The number of carbonyl (C=O) groups excluding carboxylic acids is 2. The first-order valence-corrected chi connectivity index (χ1v) is 9.85. The lowest BCUT2D eigenvalue weighted by Crippen LogP contribution is -2.29. The Balaban J connectivity index is 1.50. The zero-order chi connectivity index (χ0) is 20.2. The van der Waals surface area contributed by atoms with Crippen LogP contribution in [-0.2, 0) is 6.42 Å². The average Bonchev–Trinajstić information content (AvgIpc) is 3.42. The number of pyridine rings is 1. The van der Waals surface area contributed by atoms with Crippen LogP contribution in [0, 0.1) is 0 Å². The van der Waals surface area contributed by atoms with Crippen LogP contribution in [0.5, 0.6) is 5.75 Å². The Morgan fingerprint density at radius 1 is 1.14 bits per heavy atom. The number of amides is 2. The number of aromatic nitrogens is 2. The van der Waals surface area contributed by atoms with Crippen molar-refractivity contribution in [1.82, 2.24) is 19.6 Å². The van der Waals surface area contributed by atoms with E-state index in [9.17, 15) is 9.59 Å². The van der Waals surface area contributed by atoms with E-state index in [4.69, 9.17) is 4.74 Å². The minimum Gasteiger partial charge on any atom is -0.497 e. The molecule has 3 aromatic rings. The maximum atomic E-state index is 12.9. The molecule has 0 bridgehead atoms. The molecule has 0 saturated carbocycles. The van der Waals surface area contributed by atoms with E-state index >= 15 is 0 Å². The van der Waals surface area contributed by atoms with Crippen molar-refractivity contribution in [2.24, 2.45) is 0 Å². The van der Waals surface area contributed by atoms with Gasteiger partial charge in [0, 0.05) is 25.8 Å². The first kappa shape index (κ1) is 19.0. The fourth-order valence-electron chi connectivity index (χ4n) is 3.65. The van der Waals surface area contributed by atoms with Gasteiger partial charge in [0.05, 0.1) is 12.6 Å². The lowest BCUT2D eigenvalue weighted by Gasteiger charge is -2.13. The van der Waals surface area contributed by atoms with Gasteiger partial charge in [0.1, 0.15) is 5.75 Å². The van der Waals surface area contributed by atoms with Crippen LogP contribution in [0.1, 0.15) is 39.5 Å². The van der Waals surface area contributed by atoms with Crippen LogP contribution in [0.15, 0.2) is 48.7 Å². The zero-order valence-electron chi connectivity index (χ0n) is 16.4. The van der Waals surface area contributed by atoms with Crippen molar-refractivity contribution in [3.8, 4) is 5.75 Å². The van der Waals surface area contributed by atoms with Crippen molar-refractivity contribution in [3.63, 3.8) is 0 Å². The normalized spacial score (nSPS) is 13.6. The highest BCUT2D eigenvalue weighted by atomic mass is 16.5. The summed E-state index contributed by atoms with van der Waals surface area (Å²) in [6.07, 6.45) is 4.45. The Morgan fingerprint density at radius 3 is 2.76 bits per heavy atom. The van der Waals surface area contributed by atoms with E-state index < -0.39 is 0 Å². The van der Waals surface area contributed by atoms with Crippen molar-refractivity contribution >= 4 is 17.3 Å². The molecule has 2 amide bonds. The van der Waals surface area contributed by atoms with Gasteiger partial charge in [-0.05, 0) is 49.1 Å². The molecule has 0 radical (unpaired) electrons. The highest BCUT2D eigenvalue weighted by molar-refractivity contribution is 6.02. The number of rotatable bonds is 6. The average molecular weight is 392 g/mol. The predicted octanol–water partition coefficient (Wildman–Crippen LogP) is 2.55. The fraction of sp³-hybridized carbons (Fsp3) is 0.318. The Kier molecular flexibility index (Phi) is 5.46. The Morgan fingerprint density at radius 2 is 1.97 bits per heavy atom. The van der Waals surface area contributed by atoms with E-state index in [1.807, 2.05) is 42.5 Å². The third-order valence-corrected chi connectivity index (χ3v) is 5.18. The number of likely N-dealkylation sites (tertiary alicyclic amines) is 1. The minimum atomic E-state index is -0.297. The zero-order valence-corrected chi connectivity index (χ0v) is 16.4. The first-order valence-electron chi connectivity index (χ1n) is 9.85. The number of hydrogen-bond donors (Lipinski definition) is 1. The molecular formula is C22H24N4O3. The number of nitrogens with one attached hydrogen (secondary N) is 1. The summed E-state index contributed by atoms with van der Waals surface area (Å²) in [5.41, 5.74) is 2.07. The molecular weight excluding hydrogens is 368 g/mol. The van der Waals surface area contributed by atoms with Gasteiger partial charge < -0.3 is 15.0 Å². The molecule has 1 fully saturated rings. The van der Waals surface area contributed by atoms with E-state index in [0.717, 1.165) is 37.2 Å². The minimum absolute atomic E-state index is 0.110. The van der Waals surface area contributed by atoms with Gasteiger partial charge >= 0.3 is 0 Å². The molecule has 1 aliphatic heterocycles. The van der Waals surface area contributed by atoms with Crippen LogP contribution in [-0.4, -0.2) is 52.8 Å². The lowest BCUT2D eigenvalue weighted by atomic mass is 10.1. The van der Waals surface area contributed by atoms with Crippen molar-refractivity contribution in [3.05, 3.63) is 65.7 Å². The van der Waals surface area contributed by atoms with Crippen molar-refractivity contribution < 1.29 is 14.3 Å². The van der Waals surface area contributed by atoms with Gasteiger partial charge in [-0.15, -0.1) is 0 Å². The van der Waals surface area contributed by atoms with Crippen LogP contribution in [0.2, 0.25) is 0 Å². The van der Waals surface area contributed by atoms with Crippen LogP contribution in [0.25, 0.3) is 5.52 Å². The Labute approximate surface area is 169 Å². The fourth-order valence-corrected chi connectivity index (χ4v) is 3.65. The summed E-state index contributed by atoms with van der Waals surface area (Å²) in [5.74, 6) is 0.614. The molecule has 7 heteroatoms. The van der Waals surface area contributed by atoms with Crippen LogP contribution in [0.3, 0.4) is 0 Å². The smallest absolute Gasteiger partial charge is 0.287 e. The van der Waals surface area contributed by atoms with E-state index in [2.05, 4.69) is 10.3 Å². The number of nitrogens with zero attached hydrogens (tertiary/aromatic N) is 3. The second-order valence-electron chi connectivity index (χ2n) is 7.10. The van der Waals surface area contributed by atoms with Gasteiger partial charge in [-0.1, -0.05) is 18.2 Å². The molecule has 29 heavy (non-hydrogen) atoms. The summed E-state index contributed by atoms with van der Waals surface area (Å²) < 4.78 is 6.92. The van der Waals surface area contributed by atoms with Gasteiger partial charge in [-0.3, -0.25) is 14.0 Å². The highest BCUT2D eigenvalue weighted by Gasteiger charge is 2.26. The summed E-state index contributed by atoms with van der Waals surface area (Å²) in [7, 11) is 1.63. The summed E-state index contributed by atoms with van der Waals surface area (Å²) in [5, 5.41) is 2.91. The SMILES string of the molecule is COc1cccc(CCNC(=O)c2nc(C(=O)N3CCCC3)c3ccccn23)c1. The Bertz CT molecular complexity index is 1040. The van der Waals surface area contributed by atoms with Gasteiger partial charge in [-0.2, -0.15) is 0 Å². The summed E-state index contributed by atoms with van der Waals surface area (Å²) in [4.78, 5) is 31.9. The standard InChI is InChI=1S/C22H24N4O3/c1-29-17-8-6-7-16(15-17)10-11-23-21(27)20-24-19(18-9-2-3-14-26(18)20)22(28)25-12-4-5-13-25/h2-3,6-9,14-15H,4-5,10-13H2,1H3,(H,23,27). The molecule has 150 valence electrons. The topological polar surface area (TPSA) is 75.9 Å². The predicted molar refractivity (Wildman–Crippen MR) is 109 cm³/mol. The van der Waals surface area contributed by atoms with E-state index in [1.165, 1.54) is 0 Å². The number of fused-ring (bicyclic) bond motifs is 1. The molecule has 3 heterocycles. The second-order valence-corrected chi connectivity index (χ2v) is 7.10. The molecule has 1 aliphatic rings. The van der Waals surface area contributed by atoms with Gasteiger partial charge in [-0.25, -0.2) is 4.98 Å². The van der Waals surface area contributed by atoms with E-state index in [0.29, 0.717) is 24.2 Å². The summed E-state index contributed by atoms with van der Waals surface area (Å²) >= 11 is 0. The number of benzene rings is 1. The van der Waals surface area contributed by atoms with Crippen LogP contribution < -0.4 is 10.1 Å². The van der Waals surface area contributed by atoms with Crippen molar-refractivity contribution in [1.29, 1.82) is 0 Å². The number of hydrogen-bond acceptors (Lipinski definition) is 4. The lowest BCUT2D eigenvalue weighted by molar-refractivity contribution is 0.0789. The molecule has 4 rings (SSSR count). The molecule has 0 spiro atoms. The van der Waals surface area contributed by atoms with Gasteiger partial charge in [0.2, 0.25) is 5.82 Å². The second kappa shape index (κ2) is 8.34. The molecule has 2 aromatic heterocycles. The molecule has 0 unspecified atom stereocenters. The van der Waals surface area contributed by atoms with Crippen molar-refractivity contribution in [2.75, 3.05) is 26.7 Å². The quantitative estimate of drug-likeness (QED) is 0.700. The van der Waals surface area contributed by atoms with E-state index in [-0.39, 0.29) is 17.6 Å². The molecule has 0 atom stereocenters. The largest absolute Gasteiger partial charge is 0.497 e. The first-order chi connectivity index (χ1) is 14.2. The summed E-state index contributed by atoms with van der Waals surface area (Å²) in [6, 6.07) is 13.2. The number of imidazole rings is 1. The third-order valence-electron chi connectivity index (χ3n) is 5.18. The summed E-state index contributed by atoms with van der Waals surface area (Å²) in [6.45, 7) is 1.95. The van der Waals surface area contributed by atoms with Gasteiger partial charge in [0.15, 0.2) is 5.69 Å². The molecule has 1 N–H and O–H groups in total. The molecule has 0 aliphatic carbocycles. The highest BCUT2D eigenvalue weighted by Crippen LogP contribution is 2.18. The van der Waals surface area contributed by atoms with Crippen molar-refractivity contribution in [2.45, 2.75) is 19.3 Å². The van der Waals surface area contributed by atoms with Crippen LogP contribution in [0.4, 0.5) is 0 Å². The number of carbonyl (C=O) groups is 2. The number of ether oxygens (including phenoxy) is 1. The number of methoxy groups -OCH3 is 1. The van der Waals surface area contributed by atoms with Gasteiger partial charge in [0.25, 0.3) is 11.8 Å². The molecule has 1 aromatic carbocycles. The van der Waals surface area contributed by atoms with Crippen LogP contribution >= 0.6 is 0 Å². The monoisotopic (exact) mass is 392 g/mol. The molecule has 1 saturated heterocycles. The Hall–Kier alpha value is -3.35. The van der Waals surface area contributed by atoms with E-state index in [1.54, 1.807) is 22.6 Å². The maximum absolute atomic E-state index is 12.9. The maximum Gasteiger partial charge on any atom is 0.287 e.